The molecular formula is C59H108O15. The van der Waals surface area contributed by atoms with Crippen LogP contribution in [0.4, 0.5) is 0 Å². The summed E-state index contributed by atoms with van der Waals surface area (Å²) in [4.78, 5) is 25.9. The fraction of sp³-hybridized carbons (Fsp3) is 0.898. The summed E-state index contributed by atoms with van der Waals surface area (Å²) in [6, 6.07) is 0. The van der Waals surface area contributed by atoms with Crippen LogP contribution < -0.4 is 0 Å². The maximum atomic E-state index is 13.1. The monoisotopic (exact) mass is 1060 g/mol. The van der Waals surface area contributed by atoms with Gasteiger partial charge in [0.05, 0.1) is 19.8 Å². The van der Waals surface area contributed by atoms with E-state index in [1.54, 1.807) is 0 Å². The second-order valence-electron chi connectivity index (χ2n) is 21.2. The van der Waals surface area contributed by atoms with E-state index < -0.39 is 99.3 Å². The smallest absolute Gasteiger partial charge is 0.306 e. The standard InChI is InChI=1S/C59H108O15/c1-3-5-7-9-11-13-15-17-19-20-21-22-23-24-25-26-28-30-32-34-36-38-40-42-51(62)72-47(44-69-50(61)41-39-37-35-33-31-29-27-18-16-14-12-10-8-6-4-2)45-70-58-57(68)55(66)53(64)49(74-58)46-71-59-56(67)54(65)52(63)48(43-60)73-59/h10,12,34,36,47-49,52-60,63-68H,3-9,11,13-33,35,37-46H2,1-2H3/b12-10+,36-34+/t47-,48+,49+,52-,53-,54?,55?,56?,57?,58+,59+/m1/s1. The van der Waals surface area contributed by atoms with Crippen LogP contribution >= 0.6 is 0 Å². The Bertz CT molecular complexity index is 1380. The third kappa shape index (κ3) is 32.7. The molecule has 0 radical (unpaired) electrons. The zero-order chi connectivity index (χ0) is 53.9. The van der Waals surface area contributed by atoms with Crippen LogP contribution in [0.15, 0.2) is 24.3 Å². The first-order valence-electron chi connectivity index (χ1n) is 29.9. The van der Waals surface area contributed by atoms with Gasteiger partial charge >= 0.3 is 11.9 Å². The summed E-state index contributed by atoms with van der Waals surface area (Å²) >= 11 is 0. The Balaban J connectivity index is 1.74. The number of carbonyl (C=O) groups is 2. The normalized spacial score (nSPS) is 24.8. The van der Waals surface area contributed by atoms with E-state index in [2.05, 4.69) is 38.2 Å². The van der Waals surface area contributed by atoms with Crippen molar-refractivity contribution in [1.29, 1.82) is 0 Å². The summed E-state index contributed by atoms with van der Waals surface area (Å²) in [6.45, 7) is 2.58. The molecule has 0 spiro atoms. The number of carbonyl (C=O) groups excluding carboxylic acids is 2. The van der Waals surface area contributed by atoms with Crippen LogP contribution in [0.5, 0.6) is 0 Å². The van der Waals surface area contributed by atoms with Gasteiger partial charge in [-0.3, -0.25) is 9.59 Å². The highest BCUT2D eigenvalue weighted by Gasteiger charge is 2.47. The van der Waals surface area contributed by atoms with Crippen LogP contribution in [0, 0.1) is 0 Å². The lowest BCUT2D eigenvalue weighted by Crippen LogP contribution is -2.61. The van der Waals surface area contributed by atoms with Crippen molar-refractivity contribution in [3.05, 3.63) is 24.3 Å². The molecule has 2 fully saturated rings. The van der Waals surface area contributed by atoms with E-state index in [0.29, 0.717) is 19.3 Å². The molecule has 434 valence electrons. The van der Waals surface area contributed by atoms with Gasteiger partial charge in [-0.1, -0.05) is 205 Å². The molecule has 2 saturated heterocycles. The molecule has 0 aromatic carbocycles. The minimum Gasteiger partial charge on any atom is -0.462 e. The second-order valence-corrected chi connectivity index (χ2v) is 21.2. The third-order valence-electron chi connectivity index (χ3n) is 14.4. The first-order chi connectivity index (χ1) is 36.0. The highest BCUT2D eigenvalue weighted by Crippen LogP contribution is 2.27. The van der Waals surface area contributed by atoms with Gasteiger partial charge in [-0.15, -0.1) is 0 Å². The van der Waals surface area contributed by atoms with Gasteiger partial charge in [0.15, 0.2) is 18.7 Å². The molecule has 2 aliphatic heterocycles. The molecule has 2 rings (SSSR count). The molecule has 0 amide bonds. The van der Waals surface area contributed by atoms with Crippen molar-refractivity contribution < 1.29 is 73.8 Å². The van der Waals surface area contributed by atoms with E-state index in [4.69, 9.17) is 28.4 Å². The van der Waals surface area contributed by atoms with Gasteiger partial charge in [0.25, 0.3) is 0 Å². The van der Waals surface area contributed by atoms with E-state index in [1.807, 2.05) is 0 Å². The van der Waals surface area contributed by atoms with Gasteiger partial charge in [0.1, 0.15) is 55.4 Å². The molecule has 0 aromatic heterocycles. The molecule has 7 N–H and O–H groups in total. The van der Waals surface area contributed by atoms with Crippen LogP contribution in [0.25, 0.3) is 0 Å². The van der Waals surface area contributed by atoms with Crippen molar-refractivity contribution in [3.8, 4) is 0 Å². The number of hydrogen-bond acceptors (Lipinski definition) is 15. The number of unbranched alkanes of at least 4 members (excludes halogenated alkanes) is 30. The lowest BCUT2D eigenvalue weighted by Gasteiger charge is -2.42. The van der Waals surface area contributed by atoms with E-state index in [-0.39, 0.29) is 19.4 Å². The Morgan fingerprint density at radius 3 is 1.27 bits per heavy atom. The zero-order valence-corrected chi connectivity index (χ0v) is 46.3. The largest absolute Gasteiger partial charge is 0.462 e. The average molecular weight is 1060 g/mol. The van der Waals surface area contributed by atoms with E-state index in [1.165, 1.54) is 161 Å². The number of aliphatic hydroxyl groups is 7. The number of ether oxygens (including phenoxy) is 6. The predicted octanol–water partition coefficient (Wildman–Crippen LogP) is 10.3. The predicted molar refractivity (Wildman–Crippen MR) is 289 cm³/mol. The fourth-order valence-electron chi connectivity index (χ4n) is 9.50. The first kappa shape index (κ1) is 68.1. The highest BCUT2D eigenvalue weighted by molar-refractivity contribution is 5.70. The van der Waals surface area contributed by atoms with Gasteiger partial charge < -0.3 is 64.2 Å². The van der Waals surface area contributed by atoms with Crippen LogP contribution in [0.3, 0.4) is 0 Å². The first-order valence-corrected chi connectivity index (χ1v) is 29.9. The molecule has 0 bridgehead atoms. The van der Waals surface area contributed by atoms with E-state index in [9.17, 15) is 45.3 Å². The maximum Gasteiger partial charge on any atom is 0.306 e. The quantitative estimate of drug-likeness (QED) is 0.0171. The summed E-state index contributed by atoms with van der Waals surface area (Å²) < 4.78 is 33.7. The van der Waals surface area contributed by atoms with Gasteiger partial charge in [0, 0.05) is 12.8 Å². The summed E-state index contributed by atoms with van der Waals surface area (Å²) in [5.74, 6) is -0.954. The molecule has 2 heterocycles. The van der Waals surface area contributed by atoms with Crippen LogP contribution in [-0.4, -0.2) is 142 Å². The van der Waals surface area contributed by atoms with Crippen molar-refractivity contribution in [2.24, 2.45) is 0 Å². The molecule has 0 saturated carbocycles. The van der Waals surface area contributed by atoms with Crippen LogP contribution in [0.2, 0.25) is 0 Å². The van der Waals surface area contributed by atoms with Crippen LogP contribution in [0.1, 0.15) is 245 Å². The topological polar surface area (TPSA) is 231 Å². The molecule has 4 unspecified atom stereocenters. The molecule has 15 nitrogen and oxygen atoms in total. The Hall–Kier alpha value is -2.02. The van der Waals surface area contributed by atoms with E-state index in [0.717, 1.165) is 38.5 Å². The molecule has 0 aromatic rings. The van der Waals surface area contributed by atoms with Crippen molar-refractivity contribution in [3.63, 3.8) is 0 Å². The molecular weight excluding hydrogens is 949 g/mol. The Kier molecular flexibility index (Phi) is 42.3. The van der Waals surface area contributed by atoms with Gasteiger partial charge in [-0.2, -0.15) is 0 Å². The number of aliphatic hydroxyl groups excluding tert-OH is 7. The summed E-state index contributed by atoms with van der Waals surface area (Å²) in [5.41, 5.74) is 0. The average Bonchev–Trinajstić information content (AvgIpc) is 3.39. The van der Waals surface area contributed by atoms with Gasteiger partial charge in [0.2, 0.25) is 0 Å². The molecule has 74 heavy (non-hydrogen) atoms. The third-order valence-corrected chi connectivity index (χ3v) is 14.4. The van der Waals surface area contributed by atoms with Crippen LogP contribution in [-0.2, 0) is 38.0 Å². The van der Waals surface area contributed by atoms with Crippen molar-refractivity contribution in [2.45, 2.75) is 313 Å². The molecule has 0 aliphatic carbocycles. The lowest BCUT2D eigenvalue weighted by atomic mass is 9.98. The Morgan fingerprint density at radius 1 is 0.419 bits per heavy atom. The lowest BCUT2D eigenvalue weighted by molar-refractivity contribution is -0.332. The highest BCUT2D eigenvalue weighted by atomic mass is 16.7. The summed E-state index contributed by atoms with van der Waals surface area (Å²) in [7, 11) is 0. The van der Waals surface area contributed by atoms with Crippen molar-refractivity contribution in [2.75, 3.05) is 26.4 Å². The van der Waals surface area contributed by atoms with Gasteiger partial charge in [-0.25, -0.2) is 0 Å². The number of hydrogen-bond donors (Lipinski definition) is 7. The fourth-order valence-corrected chi connectivity index (χ4v) is 9.50. The minimum atomic E-state index is -1.77. The summed E-state index contributed by atoms with van der Waals surface area (Å²) in [5, 5.41) is 72.3. The van der Waals surface area contributed by atoms with E-state index >= 15 is 0 Å². The summed E-state index contributed by atoms with van der Waals surface area (Å²) in [6.07, 6.45) is 33.6. The number of allylic oxidation sites excluding steroid dienone is 4. The van der Waals surface area contributed by atoms with Crippen molar-refractivity contribution >= 4 is 11.9 Å². The molecule has 15 heteroatoms. The van der Waals surface area contributed by atoms with Gasteiger partial charge in [-0.05, 0) is 51.4 Å². The SMILES string of the molecule is CCCC/C=C/CCCCCCCCCCCC(=O)OC[C@H](CO[C@H]1O[C@@H](CO[C@H]2O[C@@H](CO)[C@@H](O)C(O)C2O)[C@@H](O)C(O)C1O)OC(=O)CCC/C=C/CCCCCCCCCCCCCCCCCCCC. The zero-order valence-electron chi connectivity index (χ0n) is 46.3. The number of esters is 2. The Labute approximate surface area is 447 Å². The molecule has 11 atom stereocenters. The Morgan fingerprint density at radius 2 is 0.797 bits per heavy atom. The van der Waals surface area contributed by atoms with Crippen molar-refractivity contribution in [1.82, 2.24) is 0 Å². The second kappa shape index (κ2) is 45.9. The minimum absolute atomic E-state index is 0.120. The molecule has 2 aliphatic rings. The number of rotatable bonds is 48. The maximum absolute atomic E-state index is 13.1.